The molecule has 0 aliphatic rings. The van der Waals surface area contributed by atoms with Gasteiger partial charge in [-0.15, -0.1) is 0 Å². The summed E-state index contributed by atoms with van der Waals surface area (Å²) in [6, 6.07) is 67.3. The Kier molecular flexibility index (Phi) is 6.27. The van der Waals surface area contributed by atoms with Gasteiger partial charge in [-0.05, 0) is 95.1 Å². The molecule has 8 aromatic carbocycles. The van der Waals surface area contributed by atoms with Crippen LogP contribution in [-0.2, 0) is 0 Å². The number of para-hydroxylation sites is 6. The van der Waals surface area contributed by atoms with Crippen LogP contribution in [0.2, 0.25) is 0 Å². The van der Waals surface area contributed by atoms with Gasteiger partial charge in [0.25, 0.3) is 0 Å². The van der Waals surface area contributed by atoms with E-state index in [4.69, 9.17) is 9.97 Å². The lowest BCUT2D eigenvalue weighted by Crippen LogP contribution is -2.06. The van der Waals surface area contributed by atoms with Gasteiger partial charge in [-0.3, -0.25) is 8.97 Å². The molecule has 0 radical (unpaired) electrons. The van der Waals surface area contributed by atoms with Gasteiger partial charge in [0.05, 0.1) is 38.6 Å². The Morgan fingerprint density at radius 1 is 0.309 bits per heavy atom. The molecule has 5 heteroatoms. The number of nitrogens with zero attached hydrogens (tertiary/aromatic N) is 5. The third-order valence-corrected chi connectivity index (χ3v) is 11.2. The smallest absolute Gasteiger partial charge is 0.221 e. The summed E-state index contributed by atoms with van der Waals surface area (Å²) in [7, 11) is 0. The molecule has 4 aromatic heterocycles. The van der Waals surface area contributed by atoms with Crippen LogP contribution in [0.25, 0.3) is 105 Å². The predicted octanol–water partition coefficient (Wildman–Crippen LogP) is 12.6. The molecule has 0 N–H and O–H groups in total. The zero-order valence-corrected chi connectivity index (χ0v) is 29.6. The van der Waals surface area contributed by atoms with Crippen LogP contribution in [-0.4, -0.2) is 23.5 Å². The van der Waals surface area contributed by atoms with Crippen LogP contribution >= 0.6 is 0 Å². The van der Waals surface area contributed by atoms with Gasteiger partial charge in [-0.25, -0.2) is 9.97 Å². The zero-order valence-electron chi connectivity index (χ0n) is 29.6. The first-order valence-electron chi connectivity index (χ1n) is 18.7. The van der Waals surface area contributed by atoms with Crippen LogP contribution < -0.4 is 0 Å². The van der Waals surface area contributed by atoms with Gasteiger partial charge in [-0.1, -0.05) is 115 Å². The molecule has 0 fully saturated rings. The average molecular weight is 702 g/mol. The maximum atomic E-state index is 5.38. The molecule has 0 saturated heterocycles. The van der Waals surface area contributed by atoms with Crippen molar-refractivity contribution in [2.45, 2.75) is 0 Å². The highest BCUT2D eigenvalue weighted by molar-refractivity contribution is 6.12. The standard InChI is InChI=1S/C50H31N5/c1-2-15-36(16-3-1)53-44-22-9-6-18-38(44)41-30-34(26-28-46(41)53)32-13-12-14-33(29-32)35-25-27-39-37-17-5-10-23-45(37)54(48(39)31-35)50-52-42-20-7-4-19-40(42)49-51-43-21-8-11-24-47(43)55(49)50/h1-31H. The minimum Gasteiger partial charge on any atom is -0.309 e. The van der Waals surface area contributed by atoms with E-state index in [0.29, 0.717) is 0 Å². The van der Waals surface area contributed by atoms with Crippen molar-refractivity contribution in [1.82, 2.24) is 23.5 Å². The second-order valence-corrected chi connectivity index (χ2v) is 14.3. The number of imidazole rings is 1. The molecular formula is C50H31N5. The van der Waals surface area contributed by atoms with Crippen molar-refractivity contribution in [2.24, 2.45) is 0 Å². The second-order valence-electron chi connectivity index (χ2n) is 14.3. The van der Waals surface area contributed by atoms with E-state index in [0.717, 1.165) is 61.4 Å². The molecule has 256 valence electrons. The third kappa shape index (κ3) is 4.41. The molecule has 0 saturated carbocycles. The highest BCUT2D eigenvalue weighted by atomic mass is 15.2. The van der Waals surface area contributed by atoms with Crippen LogP contribution in [0.3, 0.4) is 0 Å². The monoisotopic (exact) mass is 701 g/mol. The SMILES string of the molecule is c1ccc(-n2c3ccccc3c3cc(-c4cccc(-c5ccc6c7ccccc7n(-c7nc8ccccc8c8nc9ccccc9n78)c6c5)c4)ccc32)cc1. The Bertz CT molecular complexity index is 3490. The molecule has 0 aliphatic carbocycles. The van der Waals surface area contributed by atoms with E-state index in [1.54, 1.807) is 0 Å². The molecule has 12 aromatic rings. The number of hydrogen-bond donors (Lipinski definition) is 0. The summed E-state index contributed by atoms with van der Waals surface area (Å²) in [5.74, 6) is 0.822. The van der Waals surface area contributed by atoms with Crippen molar-refractivity contribution in [1.29, 1.82) is 0 Å². The van der Waals surface area contributed by atoms with Gasteiger partial charge in [0.15, 0.2) is 0 Å². The van der Waals surface area contributed by atoms with Crippen molar-refractivity contribution in [3.05, 3.63) is 188 Å². The van der Waals surface area contributed by atoms with Crippen LogP contribution in [0.15, 0.2) is 188 Å². The van der Waals surface area contributed by atoms with Crippen LogP contribution in [0, 0.1) is 0 Å². The number of fused-ring (bicyclic) bond motifs is 11. The van der Waals surface area contributed by atoms with Crippen molar-refractivity contribution in [2.75, 3.05) is 0 Å². The van der Waals surface area contributed by atoms with E-state index in [1.807, 2.05) is 12.1 Å². The van der Waals surface area contributed by atoms with E-state index < -0.39 is 0 Å². The summed E-state index contributed by atoms with van der Waals surface area (Å²) < 4.78 is 6.91. The first-order chi connectivity index (χ1) is 27.3. The molecule has 0 spiro atoms. The quantitative estimate of drug-likeness (QED) is 0.183. The summed E-state index contributed by atoms with van der Waals surface area (Å²) in [4.78, 5) is 10.5. The topological polar surface area (TPSA) is 40.0 Å². The van der Waals surface area contributed by atoms with E-state index in [2.05, 4.69) is 189 Å². The highest BCUT2D eigenvalue weighted by Crippen LogP contribution is 2.39. The predicted molar refractivity (Wildman–Crippen MR) is 228 cm³/mol. The lowest BCUT2D eigenvalue weighted by Gasteiger charge is -2.13. The Morgan fingerprint density at radius 2 is 0.873 bits per heavy atom. The van der Waals surface area contributed by atoms with Crippen LogP contribution in [0.4, 0.5) is 0 Å². The van der Waals surface area contributed by atoms with Gasteiger partial charge < -0.3 is 4.57 Å². The first kappa shape index (κ1) is 30.0. The van der Waals surface area contributed by atoms with Crippen molar-refractivity contribution >= 4 is 71.2 Å². The summed E-state index contributed by atoms with van der Waals surface area (Å²) in [5.41, 5.74) is 14.3. The van der Waals surface area contributed by atoms with Crippen LogP contribution in [0.5, 0.6) is 0 Å². The Morgan fingerprint density at radius 3 is 1.67 bits per heavy atom. The molecule has 12 rings (SSSR count). The Balaban J connectivity index is 1.06. The fourth-order valence-electron chi connectivity index (χ4n) is 8.73. The van der Waals surface area contributed by atoms with E-state index in [-0.39, 0.29) is 0 Å². The maximum Gasteiger partial charge on any atom is 0.221 e. The molecule has 0 unspecified atom stereocenters. The minimum absolute atomic E-state index is 0.822. The summed E-state index contributed by atoms with van der Waals surface area (Å²) in [6.07, 6.45) is 0. The summed E-state index contributed by atoms with van der Waals surface area (Å²) in [6.45, 7) is 0. The van der Waals surface area contributed by atoms with Gasteiger partial charge in [-0.2, -0.15) is 0 Å². The largest absolute Gasteiger partial charge is 0.309 e. The maximum absolute atomic E-state index is 5.38. The molecule has 55 heavy (non-hydrogen) atoms. The highest BCUT2D eigenvalue weighted by Gasteiger charge is 2.20. The van der Waals surface area contributed by atoms with Gasteiger partial charge in [0, 0.05) is 32.6 Å². The second kappa shape index (κ2) is 11.5. The summed E-state index contributed by atoms with van der Waals surface area (Å²) in [5, 5.41) is 5.90. The minimum atomic E-state index is 0.822. The van der Waals surface area contributed by atoms with Crippen molar-refractivity contribution < 1.29 is 0 Å². The zero-order chi connectivity index (χ0) is 36.0. The first-order valence-corrected chi connectivity index (χ1v) is 18.7. The van der Waals surface area contributed by atoms with Crippen molar-refractivity contribution in [3.8, 4) is 33.9 Å². The normalized spacial score (nSPS) is 12.0. The molecule has 0 aliphatic heterocycles. The number of aromatic nitrogens is 5. The van der Waals surface area contributed by atoms with Crippen molar-refractivity contribution in [3.63, 3.8) is 0 Å². The average Bonchev–Trinajstić information content (AvgIpc) is 3.92. The lowest BCUT2D eigenvalue weighted by atomic mass is 9.97. The van der Waals surface area contributed by atoms with Gasteiger partial charge in [0.1, 0.15) is 5.65 Å². The summed E-state index contributed by atoms with van der Waals surface area (Å²) >= 11 is 0. The third-order valence-electron chi connectivity index (χ3n) is 11.2. The molecular weight excluding hydrogens is 671 g/mol. The Labute approximate surface area is 315 Å². The van der Waals surface area contributed by atoms with E-state index >= 15 is 0 Å². The fraction of sp³-hybridized carbons (Fsp3) is 0. The van der Waals surface area contributed by atoms with Gasteiger partial charge >= 0.3 is 0 Å². The van der Waals surface area contributed by atoms with Gasteiger partial charge in [0.2, 0.25) is 5.95 Å². The Hall–Kier alpha value is -7.50. The number of rotatable bonds is 4. The fourth-order valence-corrected chi connectivity index (χ4v) is 8.73. The van der Waals surface area contributed by atoms with E-state index in [1.165, 1.54) is 43.7 Å². The molecule has 0 bridgehead atoms. The molecule has 0 amide bonds. The molecule has 5 nitrogen and oxygen atoms in total. The van der Waals surface area contributed by atoms with E-state index in [9.17, 15) is 0 Å². The molecule has 4 heterocycles. The molecule has 0 atom stereocenters. The van der Waals surface area contributed by atoms with Crippen LogP contribution in [0.1, 0.15) is 0 Å². The number of benzene rings is 8. The lowest BCUT2D eigenvalue weighted by molar-refractivity contribution is 0.979. The number of hydrogen-bond acceptors (Lipinski definition) is 2.